The molecule has 184 valence electrons. The van der Waals surface area contributed by atoms with Crippen molar-refractivity contribution in [2.75, 3.05) is 10.5 Å². The van der Waals surface area contributed by atoms with Crippen molar-refractivity contribution in [2.45, 2.75) is 117 Å². The highest BCUT2D eigenvalue weighted by Gasteiger charge is 2.21. The van der Waals surface area contributed by atoms with Crippen LogP contribution in [0.4, 0.5) is 5.69 Å². The van der Waals surface area contributed by atoms with Crippen molar-refractivity contribution in [1.29, 1.82) is 0 Å². The summed E-state index contributed by atoms with van der Waals surface area (Å²) in [6.07, 6.45) is 11.0. The third kappa shape index (κ3) is 11.1. The Labute approximate surface area is 203 Å². The maximum Gasteiger partial charge on any atom is 0.240 e. The van der Waals surface area contributed by atoms with Gasteiger partial charge in [-0.05, 0) is 54.9 Å². The molecule has 1 atom stereocenters. The average molecular weight is 484 g/mol. The van der Waals surface area contributed by atoms with Crippen LogP contribution in [0.2, 0.25) is 0 Å². The summed E-state index contributed by atoms with van der Waals surface area (Å²) < 4.78 is 34.3. The molecule has 1 aromatic rings. The molecular formula is C26H45NO3S2. The molecule has 0 spiro atoms. The average Bonchev–Trinajstić information content (AvgIpc) is 2.68. The minimum absolute atomic E-state index is 0.0630. The van der Waals surface area contributed by atoms with E-state index in [1.165, 1.54) is 44.9 Å². The fraction of sp³-hybridized carbons (Fsp3) is 0.731. The maximum absolute atomic E-state index is 12.9. The standard InChI is InChI=1S/C26H45NO3S2/c1-7-8-9-10-11-12-13-14-16-22(6)30-25(31)19-32(28,29)27-26-23(20(2)3)17-15-18-24(26)21(4)5/h15,17-18,20-22,27H,7-14,16,19H2,1-6H3. The van der Waals surface area contributed by atoms with Gasteiger partial charge in [-0.2, -0.15) is 0 Å². The minimum atomic E-state index is -3.65. The second-order valence-electron chi connectivity index (χ2n) is 9.55. The Kier molecular flexibility index (Phi) is 13.4. The summed E-state index contributed by atoms with van der Waals surface area (Å²) in [5, 5.41) is 0.137. The van der Waals surface area contributed by atoms with Crippen LogP contribution >= 0.6 is 12.2 Å². The van der Waals surface area contributed by atoms with E-state index in [0.717, 1.165) is 24.0 Å². The summed E-state index contributed by atoms with van der Waals surface area (Å²) in [4.78, 5) is 0. The lowest BCUT2D eigenvalue weighted by Crippen LogP contribution is -2.26. The number of nitrogens with one attached hydrogen (secondary N) is 1. The van der Waals surface area contributed by atoms with Crippen LogP contribution in [0.3, 0.4) is 0 Å². The van der Waals surface area contributed by atoms with Gasteiger partial charge in [-0.25, -0.2) is 8.42 Å². The number of hydrogen-bond donors (Lipinski definition) is 1. The predicted molar refractivity (Wildman–Crippen MR) is 142 cm³/mol. The van der Waals surface area contributed by atoms with E-state index >= 15 is 0 Å². The van der Waals surface area contributed by atoms with Crippen LogP contribution in [-0.2, 0) is 14.8 Å². The number of para-hydroxylation sites is 1. The van der Waals surface area contributed by atoms with E-state index in [-0.39, 0.29) is 28.7 Å². The summed E-state index contributed by atoms with van der Waals surface area (Å²) in [5.74, 6) is 0.121. The maximum atomic E-state index is 12.9. The molecule has 32 heavy (non-hydrogen) atoms. The van der Waals surface area contributed by atoms with Gasteiger partial charge in [0.05, 0.1) is 11.8 Å². The van der Waals surface area contributed by atoms with Crippen molar-refractivity contribution in [1.82, 2.24) is 0 Å². The van der Waals surface area contributed by atoms with Crippen LogP contribution in [0.1, 0.15) is 122 Å². The highest BCUT2D eigenvalue weighted by molar-refractivity contribution is 7.95. The first-order valence-corrected chi connectivity index (χ1v) is 14.5. The summed E-state index contributed by atoms with van der Waals surface area (Å²) in [6.45, 7) is 12.5. The largest absolute Gasteiger partial charge is 0.483 e. The zero-order chi connectivity index (χ0) is 24.1. The fourth-order valence-electron chi connectivity index (χ4n) is 3.90. The summed E-state index contributed by atoms with van der Waals surface area (Å²) in [5.41, 5.74) is 2.68. The molecule has 0 saturated carbocycles. The highest BCUT2D eigenvalue weighted by Crippen LogP contribution is 2.33. The van der Waals surface area contributed by atoms with E-state index in [0.29, 0.717) is 5.69 Å². The van der Waals surface area contributed by atoms with Crippen molar-refractivity contribution in [3.05, 3.63) is 29.3 Å². The minimum Gasteiger partial charge on any atom is -0.483 e. The Morgan fingerprint density at radius 2 is 1.41 bits per heavy atom. The molecule has 0 aliphatic carbocycles. The number of unbranched alkanes of at least 4 members (excludes halogenated alkanes) is 7. The van der Waals surface area contributed by atoms with Gasteiger partial charge in [0.1, 0.15) is 5.75 Å². The van der Waals surface area contributed by atoms with Gasteiger partial charge in [-0.3, -0.25) is 4.72 Å². The van der Waals surface area contributed by atoms with Crippen LogP contribution in [-0.4, -0.2) is 25.3 Å². The van der Waals surface area contributed by atoms with Gasteiger partial charge >= 0.3 is 0 Å². The highest BCUT2D eigenvalue weighted by atomic mass is 32.2. The van der Waals surface area contributed by atoms with Gasteiger partial charge in [0.25, 0.3) is 0 Å². The van der Waals surface area contributed by atoms with Gasteiger partial charge < -0.3 is 4.74 Å². The lowest BCUT2D eigenvalue weighted by atomic mass is 9.93. The molecule has 0 aliphatic heterocycles. The van der Waals surface area contributed by atoms with Crippen molar-refractivity contribution in [2.24, 2.45) is 0 Å². The first-order valence-electron chi connectivity index (χ1n) is 12.4. The molecule has 0 amide bonds. The van der Waals surface area contributed by atoms with E-state index in [1.807, 2.05) is 25.1 Å². The second kappa shape index (κ2) is 14.9. The van der Waals surface area contributed by atoms with Crippen molar-refractivity contribution >= 4 is 33.0 Å². The monoisotopic (exact) mass is 483 g/mol. The van der Waals surface area contributed by atoms with Gasteiger partial charge in [0.2, 0.25) is 10.0 Å². The lowest BCUT2D eigenvalue weighted by molar-refractivity contribution is 0.197. The van der Waals surface area contributed by atoms with Crippen molar-refractivity contribution in [3.8, 4) is 0 Å². The number of rotatable bonds is 16. The molecule has 0 aromatic heterocycles. The number of anilines is 1. The molecule has 0 radical (unpaired) electrons. The van der Waals surface area contributed by atoms with Crippen LogP contribution < -0.4 is 4.72 Å². The first-order chi connectivity index (χ1) is 15.1. The lowest BCUT2D eigenvalue weighted by Gasteiger charge is -2.21. The van der Waals surface area contributed by atoms with Crippen LogP contribution in [0.25, 0.3) is 0 Å². The number of ether oxygens (including phenoxy) is 1. The van der Waals surface area contributed by atoms with Crippen molar-refractivity contribution < 1.29 is 13.2 Å². The van der Waals surface area contributed by atoms with Gasteiger partial charge in [-0.1, -0.05) is 97.8 Å². The number of hydrogen-bond acceptors (Lipinski definition) is 4. The molecule has 0 bridgehead atoms. The molecule has 0 aliphatic rings. The Morgan fingerprint density at radius 3 is 1.91 bits per heavy atom. The number of benzene rings is 1. The van der Waals surface area contributed by atoms with E-state index in [1.54, 1.807) is 0 Å². The van der Waals surface area contributed by atoms with Gasteiger partial charge in [0, 0.05) is 0 Å². The third-order valence-electron chi connectivity index (χ3n) is 5.74. The summed E-state index contributed by atoms with van der Waals surface area (Å²) in [7, 11) is -3.65. The van der Waals surface area contributed by atoms with Crippen LogP contribution in [0.5, 0.6) is 0 Å². The quantitative estimate of drug-likeness (QED) is 0.191. The summed E-state index contributed by atoms with van der Waals surface area (Å²) in [6, 6.07) is 5.95. The molecule has 1 unspecified atom stereocenters. The first kappa shape index (κ1) is 28.9. The molecular weight excluding hydrogens is 438 g/mol. The van der Waals surface area contributed by atoms with E-state index in [4.69, 9.17) is 17.0 Å². The van der Waals surface area contributed by atoms with Crippen molar-refractivity contribution in [3.63, 3.8) is 0 Å². The van der Waals surface area contributed by atoms with E-state index in [9.17, 15) is 8.42 Å². The van der Waals surface area contributed by atoms with Crippen LogP contribution in [0, 0.1) is 0 Å². The molecule has 0 heterocycles. The molecule has 0 saturated heterocycles. The smallest absolute Gasteiger partial charge is 0.240 e. The third-order valence-corrected chi connectivity index (χ3v) is 7.32. The number of thiocarbonyl (C=S) groups is 1. The SMILES string of the molecule is CCCCCCCCCCC(C)OC(=S)CS(=O)(=O)Nc1c(C(C)C)cccc1C(C)C. The molecule has 6 heteroatoms. The molecule has 1 N–H and O–H groups in total. The summed E-state index contributed by atoms with van der Waals surface area (Å²) >= 11 is 5.28. The number of sulfonamides is 1. The Bertz CT molecular complexity index is 762. The molecule has 1 aromatic carbocycles. The molecule has 4 nitrogen and oxygen atoms in total. The van der Waals surface area contributed by atoms with Gasteiger partial charge in [-0.15, -0.1) is 0 Å². The Hall–Kier alpha value is -1.14. The predicted octanol–water partition coefficient (Wildman–Crippen LogP) is 7.94. The second-order valence-corrected chi connectivity index (χ2v) is 11.7. The normalized spacial score (nSPS) is 12.9. The van der Waals surface area contributed by atoms with E-state index in [2.05, 4.69) is 39.3 Å². The fourth-order valence-corrected chi connectivity index (χ4v) is 5.53. The Balaban J connectivity index is 2.54. The van der Waals surface area contributed by atoms with Gasteiger partial charge in [0.15, 0.2) is 5.05 Å². The van der Waals surface area contributed by atoms with E-state index < -0.39 is 10.0 Å². The molecule has 0 fully saturated rings. The zero-order valence-electron chi connectivity index (χ0n) is 21.1. The Morgan fingerprint density at radius 1 is 0.906 bits per heavy atom. The topological polar surface area (TPSA) is 55.4 Å². The molecule has 1 rings (SSSR count). The van der Waals surface area contributed by atoms with Crippen LogP contribution in [0.15, 0.2) is 18.2 Å². The zero-order valence-corrected chi connectivity index (χ0v) is 22.7.